The van der Waals surface area contributed by atoms with Gasteiger partial charge in [0.25, 0.3) is 0 Å². The van der Waals surface area contributed by atoms with Crippen LogP contribution in [-0.2, 0) is 23.8 Å². The summed E-state index contributed by atoms with van der Waals surface area (Å²) in [5.41, 5.74) is 1.31. The Kier molecular flexibility index (Phi) is 7.70. The first-order valence-electron chi connectivity index (χ1n) is 13.2. The van der Waals surface area contributed by atoms with Crippen LogP contribution in [0, 0.1) is 23.7 Å². The van der Waals surface area contributed by atoms with Gasteiger partial charge in [-0.2, -0.15) is 0 Å². The second-order valence-electron chi connectivity index (χ2n) is 11.3. The number of fused-ring (bicyclic) bond motifs is 3. The van der Waals surface area contributed by atoms with Crippen LogP contribution in [0.4, 0.5) is 0 Å². The van der Waals surface area contributed by atoms with Gasteiger partial charge in [0, 0.05) is 18.4 Å². The molecule has 12 heteroatoms. The number of nitrogens with zero attached hydrogens (tertiary/aromatic N) is 1. The van der Waals surface area contributed by atoms with Crippen LogP contribution >= 0.6 is 0 Å². The molecule has 13 atom stereocenters. The quantitative estimate of drug-likeness (QED) is 0.168. The van der Waals surface area contributed by atoms with Crippen LogP contribution in [0.15, 0.2) is 24.3 Å². The first-order valence-corrected chi connectivity index (χ1v) is 13.2. The highest BCUT2D eigenvalue weighted by atomic mass is 16.7. The maximum atomic E-state index is 13.1. The largest absolute Gasteiger partial charge is 0.480 e. The van der Waals surface area contributed by atoms with Gasteiger partial charge in [-0.15, -0.1) is 0 Å². The van der Waals surface area contributed by atoms with Gasteiger partial charge in [-0.25, -0.2) is 0 Å². The number of ether oxygens (including phenoxy) is 3. The molecule has 212 valence electrons. The van der Waals surface area contributed by atoms with Gasteiger partial charge in [-0.05, 0) is 43.7 Å². The number of likely N-dealkylation sites (tertiary alicyclic amines) is 1. The average Bonchev–Trinajstić information content (AvgIpc) is 3.54. The summed E-state index contributed by atoms with van der Waals surface area (Å²) in [6.07, 6.45) is -7.61. The van der Waals surface area contributed by atoms with Gasteiger partial charge in [-0.1, -0.05) is 18.7 Å². The number of esters is 1. The number of carbonyl (C=O) groups excluding carboxylic acids is 1. The van der Waals surface area contributed by atoms with E-state index >= 15 is 0 Å². The number of hydrogen-bond acceptors (Lipinski definition) is 11. The van der Waals surface area contributed by atoms with Gasteiger partial charge in [0.05, 0.1) is 24.7 Å². The molecule has 2 aliphatic carbocycles. The number of rotatable bonds is 6. The smallest absolute Gasteiger partial charge is 0.320 e. The fourth-order valence-electron chi connectivity index (χ4n) is 7.16. The molecule has 3 saturated heterocycles. The van der Waals surface area contributed by atoms with Crippen molar-refractivity contribution >= 4 is 11.9 Å². The zero-order valence-corrected chi connectivity index (χ0v) is 21.0. The molecule has 38 heavy (non-hydrogen) atoms. The molecule has 5 aliphatic rings. The summed E-state index contributed by atoms with van der Waals surface area (Å²) in [6, 6.07) is -0.676. The van der Waals surface area contributed by atoms with Crippen molar-refractivity contribution in [1.82, 2.24) is 4.90 Å². The highest BCUT2D eigenvalue weighted by Crippen LogP contribution is 2.53. The monoisotopic (exact) mass is 539 g/mol. The number of aliphatic hydroxyl groups is 5. The lowest BCUT2D eigenvalue weighted by Crippen LogP contribution is -2.59. The van der Waals surface area contributed by atoms with Gasteiger partial charge in [-0.3, -0.25) is 14.5 Å². The van der Waals surface area contributed by atoms with E-state index in [1.165, 1.54) is 0 Å². The molecule has 5 rings (SSSR count). The predicted octanol–water partition coefficient (Wildman–Crippen LogP) is -1.61. The molecule has 3 heterocycles. The van der Waals surface area contributed by atoms with Crippen molar-refractivity contribution in [3.63, 3.8) is 0 Å². The van der Waals surface area contributed by atoms with Crippen LogP contribution in [-0.4, -0.2) is 122 Å². The number of carbonyl (C=O) groups is 2. The third-order valence-corrected chi connectivity index (χ3v) is 9.16. The topological polar surface area (TPSA) is 186 Å². The number of hydrogen-bond donors (Lipinski definition) is 6. The van der Waals surface area contributed by atoms with E-state index < -0.39 is 91.4 Å². The van der Waals surface area contributed by atoms with E-state index in [0.29, 0.717) is 31.4 Å². The van der Waals surface area contributed by atoms with Crippen molar-refractivity contribution in [2.75, 3.05) is 19.7 Å². The van der Waals surface area contributed by atoms with E-state index in [1.807, 2.05) is 0 Å². The van der Waals surface area contributed by atoms with E-state index in [-0.39, 0.29) is 18.9 Å². The molecule has 0 aromatic carbocycles. The Morgan fingerprint density at radius 1 is 1.13 bits per heavy atom. The molecule has 2 saturated carbocycles. The summed E-state index contributed by atoms with van der Waals surface area (Å²) in [4.78, 5) is 26.6. The third kappa shape index (κ3) is 4.60. The minimum atomic E-state index is -1.59. The summed E-state index contributed by atoms with van der Waals surface area (Å²) in [6.45, 7) is 8.53. The van der Waals surface area contributed by atoms with Gasteiger partial charge in [0.1, 0.15) is 36.6 Å². The van der Waals surface area contributed by atoms with Crippen LogP contribution in [0.5, 0.6) is 0 Å². The van der Waals surface area contributed by atoms with Crippen molar-refractivity contribution in [2.45, 2.75) is 80.7 Å². The molecular weight excluding hydrogens is 502 g/mol. The summed E-state index contributed by atoms with van der Waals surface area (Å²) in [7, 11) is 0. The molecule has 0 bridgehead atoms. The second-order valence-corrected chi connectivity index (χ2v) is 11.3. The Labute approximate surface area is 220 Å². The van der Waals surface area contributed by atoms with E-state index in [9.17, 15) is 40.2 Å². The molecule has 6 N–H and O–H groups in total. The van der Waals surface area contributed by atoms with E-state index in [0.717, 1.165) is 5.57 Å². The Hall–Kier alpha value is -1.90. The zero-order valence-electron chi connectivity index (χ0n) is 21.0. The minimum Gasteiger partial charge on any atom is -0.480 e. The Morgan fingerprint density at radius 3 is 2.55 bits per heavy atom. The molecule has 0 amide bonds. The lowest BCUT2D eigenvalue weighted by atomic mass is 9.78. The SMILES string of the molecule is C=C1[C@@H]2[C@H]3OC(=O)C(CN4CCCC4C(=O)O)[C@@H]3[C@@H](O)CC(=C)[C@@H]2C[C@@H]1O[C@@H]1O[C@H](CO)[C@@H](O)[C@H](O)[C@H]1O. The summed E-state index contributed by atoms with van der Waals surface area (Å²) >= 11 is 0. The van der Waals surface area contributed by atoms with Gasteiger partial charge in [0.15, 0.2) is 6.29 Å². The lowest BCUT2D eigenvalue weighted by Gasteiger charge is -2.40. The Morgan fingerprint density at radius 2 is 1.87 bits per heavy atom. The maximum Gasteiger partial charge on any atom is 0.320 e. The highest BCUT2D eigenvalue weighted by molar-refractivity contribution is 5.77. The number of aliphatic carboxylic acids is 1. The van der Waals surface area contributed by atoms with E-state index in [1.54, 1.807) is 4.90 Å². The van der Waals surface area contributed by atoms with Crippen molar-refractivity contribution in [2.24, 2.45) is 23.7 Å². The second kappa shape index (κ2) is 10.6. The van der Waals surface area contributed by atoms with Crippen LogP contribution in [0.3, 0.4) is 0 Å². The van der Waals surface area contributed by atoms with Crippen LogP contribution < -0.4 is 0 Å². The lowest BCUT2D eigenvalue weighted by molar-refractivity contribution is -0.308. The number of aliphatic hydroxyl groups excluding tert-OH is 5. The normalized spacial score (nSPS) is 47.5. The molecular formula is C26H37NO11. The molecule has 2 unspecified atom stereocenters. The first kappa shape index (κ1) is 27.7. The van der Waals surface area contributed by atoms with E-state index in [2.05, 4.69) is 13.2 Å². The van der Waals surface area contributed by atoms with Crippen molar-refractivity contribution in [1.29, 1.82) is 0 Å². The van der Waals surface area contributed by atoms with Crippen molar-refractivity contribution in [3.8, 4) is 0 Å². The zero-order chi connectivity index (χ0) is 27.5. The molecule has 0 aromatic rings. The van der Waals surface area contributed by atoms with Crippen LogP contribution in [0.25, 0.3) is 0 Å². The third-order valence-electron chi connectivity index (χ3n) is 9.16. The standard InChI is InChI=1S/C26H37NO11/c1-10-6-15(29)19-13(8-27-5-3-4-14(27)24(33)34)25(35)38-23(19)18-11(2)16(7-12(10)18)36-26-22(32)21(31)20(30)17(9-28)37-26/h12-23,26,28-32H,1-9H2,(H,33,34)/t12-,13?,14?,15-,16-,17+,18-,19+,20+,21-,22+,23+,26+/m0/s1. The molecule has 0 radical (unpaired) electrons. The van der Waals surface area contributed by atoms with Crippen molar-refractivity contribution < 1.29 is 54.4 Å². The average molecular weight is 540 g/mol. The predicted molar refractivity (Wildman–Crippen MR) is 128 cm³/mol. The summed E-state index contributed by atoms with van der Waals surface area (Å²) < 4.78 is 17.4. The van der Waals surface area contributed by atoms with Gasteiger partial charge < -0.3 is 44.8 Å². The first-order chi connectivity index (χ1) is 18.0. The Bertz CT molecular complexity index is 971. The van der Waals surface area contributed by atoms with Crippen LogP contribution in [0.2, 0.25) is 0 Å². The molecule has 3 aliphatic heterocycles. The number of carboxylic acid groups (broad SMARTS) is 1. The van der Waals surface area contributed by atoms with Gasteiger partial charge >= 0.3 is 11.9 Å². The molecule has 12 nitrogen and oxygen atoms in total. The summed E-state index contributed by atoms with van der Waals surface area (Å²) in [5.74, 6) is -3.38. The fourth-order valence-corrected chi connectivity index (χ4v) is 7.16. The van der Waals surface area contributed by atoms with Crippen LogP contribution in [0.1, 0.15) is 25.7 Å². The fraction of sp³-hybridized carbons (Fsp3) is 0.769. The highest BCUT2D eigenvalue weighted by Gasteiger charge is 2.59. The summed E-state index contributed by atoms with van der Waals surface area (Å²) in [5, 5.41) is 60.9. The number of carboxylic acids is 1. The maximum absolute atomic E-state index is 13.1. The van der Waals surface area contributed by atoms with Gasteiger partial charge in [0.2, 0.25) is 0 Å². The minimum absolute atomic E-state index is 0.176. The molecule has 0 spiro atoms. The van der Waals surface area contributed by atoms with Crippen molar-refractivity contribution in [3.05, 3.63) is 24.3 Å². The molecule has 0 aromatic heterocycles. The Balaban J connectivity index is 1.35. The molecule has 5 fully saturated rings. The van der Waals surface area contributed by atoms with E-state index in [4.69, 9.17) is 14.2 Å².